The van der Waals surface area contributed by atoms with Crippen LogP contribution in [0, 0.1) is 5.82 Å². The lowest BCUT2D eigenvalue weighted by Crippen LogP contribution is -2.29. The lowest BCUT2D eigenvalue weighted by molar-refractivity contribution is -0.140. The van der Waals surface area contributed by atoms with Crippen LogP contribution >= 0.6 is 0 Å². The Bertz CT molecular complexity index is 1650. The fraction of sp³-hybridized carbons (Fsp3) is 0.304. The molecule has 1 unspecified atom stereocenters. The molecule has 17 heteroatoms. The molecule has 0 amide bonds. The number of hydrogen-bond donors (Lipinski definition) is 1. The summed E-state index contributed by atoms with van der Waals surface area (Å²) in [6.45, 7) is 0.621. The van der Waals surface area contributed by atoms with Crippen molar-refractivity contribution in [3.05, 3.63) is 74.7 Å². The third kappa shape index (κ3) is 6.07. The van der Waals surface area contributed by atoms with Crippen molar-refractivity contribution in [2.75, 3.05) is 0 Å². The predicted molar refractivity (Wildman–Crippen MR) is 121 cm³/mol. The molecule has 1 N–H and O–H groups in total. The minimum absolute atomic E-state index is 0.0743. The molecule has 0 spiro atoms. The first-order chi connectivity index (χ1) is 18.6. The highest BCUT2D eigenvalue weighted by atomic mass is 19.4. The van der Waals surface area contributed by atoms with Gasteiger partial charge < -0.3 is 4.74 Å². The van der Waals surface area contributed by atoms with Gasteiger partial charge in [0.1, 0.15) is 12.0 Å². The van der Waals surface area contributed by atoms with Gasteiger partial charge in [0.05, 0.1) is 47.2 Å². The van der Waals surface area contributed by atoms with Crippen molar-refractivity contribution >= 4 is 10.9 Å². The number of halogens is 8. The number of nitrogens with one attached hydrogen (secondary N) is 1. The van der Waals surface area contributed by atoms with Crippen LogP contribution in [0.5, 0.6) is 5.75 Å². The third-order valence-corrected chi connectivity index (χ3v) is 5.55. The Balaban J connectivity index is 1.51. The maximum absolute atomic E-state index is 14.8. The Kier molecular flexibility index (Phi) is 7.58. The van der Waals surface area contributed by atoms with Crippen LogP contribution in [0.15, 0.2) is 46.6 Å². The molecule has 40 heavy (non-hydrogen) atoms. The predicted octanol–water partition coefficient (Wildman–Crippen LogP) is 4.31. The molecule has 0 radical (unpaired) electrons. The van der Waals surface area contributed by atoms with Crippen LogP contribution in [-0.4, -0.2) is 42.0 Å². The molecule has 0 bridgehead atoms. The minimum atomic E-state index is -5.06. The van der Waals surface area contributed by atoms with E-state index in [0.717, 1.165) is 23.0 Å². The van der Waals surface area contributed by atoms with E-state index >= 15 is 0 Å². The van der Waals surface area contributed by atoms with Gasteiger partial charge in [0.2, 0.25) is 0 Å². The molecule has 0 aliphatic rings. The normalized spacial score (nSPS) is 13.8. The molecule has 3 heterocycles. The van der Waals surface area contributed by atoms with Gasteiger partial charge in [0, 0.05) is 18.8 Å². The number of benzene rings is 1. The quantitative estimate of drug-likeness (QED) is 0.326. The summed E-state index contributed by atoms with van der Waals surface area (Å²) in [5.41, 5.74) is -5.58. The molecule has 4 rings (SSSR count). The number of alkyl halides is 7. The number of rotatable bonds is 7. The van der Waals surface area contributed by atoms with Crippen LogP contribution in [0.3, 0.4) is 0 Å². The first-order valence-electron chi connectivity index (χ1n) is 11.2. The summed E-state index contributed by atoms with van der Waals surface area (Å²) in [5, 5.41) is 4.61. The maximum Gasteiger partial charge on any atom is 0.425 e. The number of aromatic amines is 1. The van der Waals surface area contributed by atoms with E-state index in [9.17, 15) is 44.7 Å². The SMILES string of the molecule is C[C@@H](CC(F)Cn1cnc2cc(-c3ncc(C(F)(F)F)cn3)c(F)cc2c1=O)Oc1cn[nH]c(=O)c1C(F)(F)F. The fourth-order valence-electron chi connectivity index (χ4n) is 3.75. The Hall–Kier alpha value is -4.44. The zero-order valence-corrected chi connectivity index (χ0v) is 20.0. The van der Waals surface area contributed by atoms with Crippen LogP contribution < -0.4 is 15.9 Å². The zero-order chi connectivity index (χ0) is 29.4. The van der Waals surface area contributed by atoms with Gasteiger partial charge in [-0.1, -0.05) is 0 Å². The molecular formula is C23H16F8N6O3. The molecule has 4 aromatic rings. The van der Waals surface area contributed by atoms with E-state index in [2.05, 4.69) is 20.1 Å². The third-order valence-electron chi connectivity index (χ3n) is 5.55. The average Bonchev–Trinajstić information content (AvgIpc) is 2.84. The topological polar surface area (TPSA) is 116 Å². The van der Waals surface area contributed by atoms with E-state index in [1.54, 1.807) is 5.10 Å². The minimum Gasteiger partial charge on any atom is -0.488 e. The molecule has 0 saturated carbocycles. The summed E-state index contributed by atoms with van der Waals surface area (Å²) in [4.78, 5) is 35.4. The second-order valence-corrected chi connectivity index (χ2v) is 8.54. The van der Waals surface area contributed by atoms with Crippen LogP contribution in [-0.2, 0) is 18.9 Å². The number of H-pyrrole nitrogens is 1. The first kappa shape index (κ1) is 28.6. The Labute approximate surface area is 217 Å². The summed E-state index contributed by atoms with van der Waals surface area (Å²) in [7, 11) is 0. The van der Waals surface area contributed by atoms with Gasteiger partial charge >= 0.3 is 12.4 Å². The second-order valence-electron chi connectivity index (χ2n) is 8.54. The number of fused-ring (bicyclic) bond motifs is 1. The smallest absolute Gasteiger partial charge is 0.425 e. The van der Waals surface area contributed by atoms with E-state index in [4.69, 9.17) is 4.74 Å². The molecule has 0 saturated heterocycles. The molecule has 9 nitrogen and oxygen atoms in total. The molecule has 1 aromatic carbocycles. The highest BCUT2D eigenvalue weighted by Gasteiger charge is 2.38. The molecular weight excluding hydrogens is 560 g/mol. The largest absolute Gasteiger partial charge is 0.488 e. The molecule has 2 atom stereocenters. The Morgan fingerprint density at radius 1 is 1.00 bits per heavy atom. The summed E-state index contributed by atoms with van der Waals surface area (Å²) >= 11 is 0. The Morgan fingerprint density at radius 2 is 1.68 bits per heavy atom. The van der Waals surface area contributed by atoms with Gasteiger partial charge in [-0.25, -0.2) is 28.8 Å². The van der Waals surface area contributed by atoms with E-state index in [1.807, 2.05) is 0 Å². The molecule has 0 fully saturated rings. The van der Waals surface area contributed by atoms with E-state index in [0.29, 0.717) is 18.6 Å². The van der Waals surface area contributed by atoms with Gasteiger partial charge in [-0.2, -0.15) is 31.4 Å². The van der Waals surface area contributed by atoms with Crippen molar-refractivity contribution < 1.29 is 39.9 Å². The van der Waals surface area contributed by atoms with Gasteiger partial charge in [0.25, 0.3) is 11.1 Å². The lowest BCUT2D eigenvalue weighted by atomic mass is 10.1. The summed E-state index contributed by atoms with van der Waals surface area (Å²) in [6.07, 6.45) is -10.8. The highest BCUT2D eigenvalue weighted by molar-refractivity contribution is 5.82. The van der Waals surface area contributed by atoms with Gasteiger partial charge in [-0.05, 0) is 19.1 Å². The van der Waals surface area contributed by atoms with E-state index < -0.39 is 71.4 Å². The molecule has 212 valence electrons. The fourth-order valence-corrected chi connectivity index (χ4v) is 3.75. The van der Waals surface area contributed by atoms with Crippen molar-refractivity contribution in [1.82, 2.24) is 29.7 Å². The van der Waals surface area contributed by atoms with Crippen LogP contribution in [0.25, 0.3) is 22.3 Å². The molecule has 0 aliphatic heterocycles. The maximum atomic E-state index is 14.8. The second kappa shape index (κ2) is 10.6. The Morgan fingerprint density at radius 3 is 2.30 bits per heavy atom. The monoisotopic (exact) mass is 576 g/mol. The lowest BCUT2D eigenvalue weighted by Gasteiger charge is -2.19. The number of hydrogen-bond acceptors (Lipinski definition) is 7. The van der Waals surface area contributed by atoms with Crippen LogP contribution in [0.4, 0.5) is 35.1 Å². The van der Waals surface area contributed by atoms with Crippen LogP contribution in [0.2, 0.25) is 0 Å². The summed E-state index contributed by atoms with van der Waals surface area (Å²) in [5.74, 6) is -2.33. The van der Waals surface area contributed by atoms with E-state index in [1.165, 1.54) is 6.92 Å². The van der Waals surface area contributed by atoms with Crippen molar-refractivity contribution in [1.29, 1.82) is 0 Å². The van der Waals surface area contributed by atoms with Crippen molar-refractivity contribution in [3.63, 3.8) is 0 Å². The van der Waals surface area contributed by atoms with Gasteiger partial charge in [-0.15, -0.1) is 0 Å². The number of nitrogens with zero attached hydrogens (tertiary/aromatic N) is 5. The number of aromatic nitrogens is 6. The zero-order valence-electron chi connectivity index (χ0n) is 20.0. The van der Waals surface area contributed by atoms with Crippen molar-refractivity contribution in [2.24, 2.45) is 0 Å². The van der Waals surface area contributed by atoms with E-state index in [-0.39, 0.29) is 22.3 Å². The number of ether oxygens (including phenoxy) is 1. The van der Waals surface area contributed by atoms with Gasteiger partial charge in [-0.3, -0.25) is 14.2 Å². The highest BCUT2D eigenvalue weighted by Crippen LogP contribution is 2.33. The van der Waals surface area contributed by atoms with Crippen molar-refractivity contribution in [3.8, 4) is 17.1 Å². The molecule has 3 aromatic heterocycles. The first-order valence-corrected chi connectivity index (χ1v) is 11.2. The molecule has 0 aliphatic carbocycles. The summed E-state index contributed by atoms with van der Waals surface area (Å²) < 4.78 is 113. The average molecular weight is 576 g/mol. The van der Waals surface area contributed by atoms with Crippen LogP contribution in [0.1, 0.15) is 24.5 Å². The van der Waals surface area contributed by atoms with Gasteiger partial charge in [0.15, 0.2) is 17.1 Å². The van der Waals surface area contributed by atoms with Crippen molar-refractivity contribution in [2.45, 2.75) is 44.5 Å². The summed E-state index contributed by atoms with van der Waals surface area (Å²) in [6, 6.07) is 1.81. The standard InChI is InChI=1S/C23H16F8N6O3/c1-10(40-17-7-35-36-20(38)18(17)23(29,30)31)2-12(24)8-37-9-34-16-4-13(15(25)3-14(16)21(37)39)19-32-5-11(6-33-19)22(26,27)28/h3-7,9-10,12H,2,8H2,1H3,(H,36,38)/t10-,12?/m0/s1.